The molecule has 9 nitrogen and oxygen atoms in total. The average Bonchev–Trinajstić information content (AvgIpc) is 2.62. The SMILES string of the molecule is Cn1nc(N)c(N=Nc2ccc(O)c(C(=O)O)c2)c1N. The van der Waals surface area contributed by atoms with E-state index in [0.717, 1.165) is 0 Å². The molecule has 0 aliphatic heterocycles. The Kier molecular flexibility index (Phi) is 3.25. The number of nitrogens with two attached hydrogens (primary N) is 2. The normalized spacial score (nSPS) is 11.1. The maximum Gasteiger partial charge on any atom is 0.339 e. The number of nitrogens with zero attached hydrogens (tertiary/aromatic N) is 4. The molecule has 0 bridgehead atoms. The van der Waals surface area contributed by atoms with Crippen LogP contribution in [0.25, 0.3) is 0 Å². The fourth-order valence-corrected chi connectivity index (χ4v) is 1.52. The molecule has 0 fully saturated rings. The van der Waals surface area contributed by atoms with E-state index in [2.05, 4.69) is 15.3 Å². The van der Waals surface area contributed by atoms with E-state index in [9.17, 15) is 9.90 Å². The molecule has 0 aliphatic carbocycles. The van der Waals surface area contributed by atoms with Gasteiger partial charge in [0.05, 0.1) is 5.69 Å². The fraction of sp³-hybridized carbons (Fsp3) is 0.0909. The predicted molar refractivity (Wildman–Crippen MR) is 71.3 cm³/mol. The van der Waals surface area contributed by atoms with Crippen LogP contribution in [-0.2, 0) is 7.05 Å². The number of aromatic carboxylic acids is 1. The molecule has 0 saturated carbocycles. The summed E-state index contributed by atoms with van der Waals surface area (Å²) >= 11 is 0. The van der Waals surface area contributed by atoms with E-state index >= 15 is 0 Å². The second-order valence-electron chi connectivity index (χ2n) is 3.95. The van der Waals surface area contributed by atoms with Crippen molar-refractivity contribution in [1.29, 1.82) is 0 Å². The molecular formula is C11H12N6O3. The Morgan fingerprint density at radius 1 is 1.35 bits per heavy atom. The molecule has 0 unspecified atom stereocenters. The standard InChI is InChI=1S/C11H12N6O3/c1-17-10(13)8(9(12)16-17)15-14-5-2-3-7(18)6(4-5)11(19)20/h2-4,18H,13H2,1H3,(H2,12,16)(H,19,20). The minimum absolute atomic E-state index is 0.117. The molecule has 1 heterocycles. The molecule has 2 aromatic rings. The molecular weight excluding hydrogens is 264 g/mol. The van der Waals surface area contributed by atoms with Gasteiger partial charge in [-0.15, -0.1) is 5.11 Å². The summed E-state index contributed by atoms with van der Waals surface area (Å²) in [6.07, 6.45) is 0. The van der Waals surface area contributed by atoms with Crippen LogP contribution in [0.3, 0.4) is 0 Å². The number of carboxylic acid groups (broad SMARTS) is 1. The molecule has 1 aromatic heterocycles. The second kappa shape index (κ2) is 4.88. The second-order valence-corrected chi connectivity index (χ2v) is 3.95. The Hall–Kier alpha value is -3.10. The third kappa shape index (κ3) is 2.36. The molecule has 0 radical (unpaired) electrons. The van der Waals surface area contributed by atoms with Crippen LogP contribution < -0.4 is 11.5 Å². The van der Waals surface area contributed by atoms with E-state index in [1.54, 1.807) is 7.05 Å². The van der Waals surface area contributed by atoms with Gasteiger partial charge in [-0.05, 0) is 18.2 Å². The lowest BCUT2D eigenvalue weighted by molar-refractivity contribution is 0.0694. The van der Waals surface area contributed by atoms with E-state index in [1.165, 1.54) is 22.9 Å². The maximum atomic E-state index is 10.9. The molecule has 104 valence electrons. The first-order valence-electron chi connectivity index (χ1n) is 5.46. The number of benzene rings is 1. The number of rotatable bonds is 3. The molecule has 20 heavy (non-hydrogen) atoms. The van der Waals surface area contributed by atoms with Gasteiger partial charge in [-0.3, -0.25) is 0 Å². The molecule has 1 aromatic carbocycles. The number of carboxylic acids is 1. The first-order chi connectivity index (χ1) is 9.40. The van der Waals surface area contributed by atoms with Gasteiger partial charge in [-0.1, -0.05) is 0 Å². The van der Waals surface area contributed by atoms with E-state index in [1.807, 2.05) is 0 Å². The van der Waals surface area contributed by atoms with Gasteiger partial charge in [0.1, 0.15) is 11.3 Å². The van der Waals surface area contributed by atoms with E-state index in [0.29, 0.717) is 0 Å². The van der Waals surface area contributed by atoms with Crippen LogP contribution in [-0.4, -0.2) is 26.0 Å². The van der Waals surface area contributed by atoms with Gasteiger partial charge in [0.25, 0.3) is 0 Å². The van der Waals surface area contributed by atoms with Gasteiger partial charge in [-0.2, -0.15) is 10.2 Å². The summed E-state index contributed by atoms with van der Waals surface area (Å²) in [6, 6.07) is 3.81. The first kappa shape index (κ1) is 13.3. The minimum atomic E-state index is -1.26. The predicted octanol–water partition coefficient (Wildman–Crippen LogP) is 1.40. The van der Waals surface area contributed by atoms with Crippen LogP contribution in [0, 0.1) is 0 Å². The number of aryl methyl sites for hydroxylation is 1. The quantitative estimate of drug-likeness (QED) is 0.621. The number of azo groups is 1. The summed E-state index contributed by atoms with van der Waals surface area (Å²) in [6.45, 7) is 0. The summed E-state index contributed by atoms with van der Waals surface area (Å²) in [7, 11) is 1.60. The molecule has 6 N–H and O–H groups in total. The maximum absolute atomic E-state index is 10.9. The van der Waals surface area contributed by atoms with Crippen molar-refractivity contribution in [3.63, 3.8) is 0 Å². The van der Waals surface area contributed by atoms with Crippen LogP contribution in [0.5, 0.6) is 5.75 Å². The zero-order valence-electron chi connectivity index (χ0n) is 10.5. The van der Waals surface area contributed by atoms with E-state index < -0.39 is 5.97 Å². The molecule has 9 heteroatoms. The van der Waals surface area contributed by atoms with Crippen molar-refractivity contribution < 1.29 is 15.0 Å². The van der Waals surface area contributed by atoms with Gasteiger partial charge >= 0.3 is 5.97 Å². The zero-order chi connectivity index (χ0) is 14.9. The monoisotopic (exact) mass is 276 g/mol. The molecule has 0 spiro atoms. The summed E-state index contributed by atoms with van der Waals surface area (Å²) in [5.74, 6) is -1.26. The van der Waals surface area contributed by atoms with Gasteiger partial charge < -0.3 is 21.7 Å². The molecule has 2 rings (SSSR count). The van der Waals surface area contributed by atoms with Crippen molar-refractivity contribution in [2.24, 2.45) is 17.3 Å². The average molecular weight is 276 g/mol. The van der Waals surface area contributed by atoms with Crippen LogP contribution in [0.2, 0.25) is 0 Å². The summed E-state index contributed by atoms with van der Waals surface area (Å²) in [4.78, 5) is 10.9. The van der Waals surface area contributed by atoms with Crippen molar-refractivity contribution in [2.75, 3.05) is 11.5 Å². The largest absolute Gasteiger partial charge is 0.507 e. The highest BCUT2D eigenvalue weighted by Gasteiger charge is 2.12. The lowest BCUT2D eigenvalue weighted by Crippen LogP contribution is -1.97. The van der Waals surface area contributed by atoms with Crippen LogP contribution in [0.15, 0.2) is 28.4 Å². The number of anilines is 2. The summed E-state index contributed by atoms with van der Waals surface area (Å²) in [5.41, 5.74) is 11.5. The fourth-order valence-electron chi connectivity index (χ4n) is 1.52. The Balaban J connectivity index is 2.37. The van der Waals surface area contributed by atoms with Crippen LogP contribution in [0.1, 0.15) is 10.4 Å². The number of nitrogen functional groups attached to an aromatic ring is 2. The van der Waals surface area contributed by atoms with Gasteiger partial charge in [0, 0.05) is 7.05 Å². The summed E-state index contributed by atoms with van der Waals surface area (Å²) < 4.78 is 1.35. The number of hydrogen-bond acceptors (Lipinski definition) is 7. The first-order valence-corrected chi connectivity index (χ1v) is 5.46. The smallest absolute Gasteiger partial charge is 0.339 e. The van der Waals surface area contributed by atoms with Crippen molar-refractivity contribution in [1.82, 2.24) is 9.78 Å². The third-order valence-corrected chi connectivity index (χ3v) is 2.57. The Labute approximate surface area is 113 Å². The number of carbonyl (C=O) groups is 1. The van der Waals surface area contributed by atoms with Crippen molar-refractivity contribution in [2.45, 2.75) is 0 Å². The molecule has 0 saturated heterocycles. The summed E-state index contributed by atoms with van der Waals surface area (Å²) in [5, 5.41) is 29.8. The van der Waals surface area contributed by atoms with Crippen molar-refractivity contribution in [3.8, 4) is 5.75 Å². The highest BCUT2D eigenvalue weighted by Crippen LogP contribution is 2.31. The number of phenols is 1. The van der Waals surface area contributed by atoms with Gasteiger partial charge in [-0.25, -0.2) is 9.48 Å². The number of hydrogen-bond donors (Lipinski definition) is 4. The van der Waals surface area contributed by atoms with Crippen LogP contribution >= 0.6 is 0 Å². The lowest BCUT2D eigenvalue weighted by Gasteiger charge is -1.99. The third-order valence-electron chi connectivity index (χ3n) is 2.57. The zero-order valence-corrected chi connectivity index (χ0v) is 10.5. The lowest BCUT2D eigenvalue weighted by atomic mass is 10.2. The highest BCUT2D eigenvalue weighted by atomic mass is 16.4. The van der Waals surface area contributed by atoms with Gasteiger partial charge in [0.2, 0.25) is 0 Å². The Bertz CT molecular complexity index is 706. The molecule has 0 amide bonds. The molecule has 0 atom stereocenters. The topological polar surface area (TPSA) is 152 Å². The van der Waals surface area contributed by atoms with Crippen molar-refractivity contribution in [3.05, 3.63) is 23.8 Å². The minimum Gasteiger partial charge on any atom is -0.507 e. The highest BCUT2D eigenvalue weighted by molar-refractivity contribution is 5.91. The molecule has 0 aliphatic rings. The Morgan fingerprint density at radius 3 is 2.60 bits per heavy atom. The number of aromatic hydroxyl groups is 1. The van der Waals surface area contributed by atoms with Crippen molar-refractivity contribution >= 4 is 29.0 Å². The van der Waals surface area contributed by atoms with E-state index in [-0.39, 0.29) is 34.3 Å². The number of aromatic nitrogens is 2. The Morgan fingerprint density at radius 2 is 2.05 bits per heavy atom. The van der Waals surface area contributed by atoms with Crippen LogP contribution in [0.4, 0.5) is 23.0 Å². The van der Waals surface area contributed by atoms with Gasteiger partial charge in [0.15, 0.2) is 17.3 Å². The van der Waals surface area contributed by atoms with E-state index in [4.69, 9.17) is 16.6 Å².